The molecule has 2 aromatic rings. The van der Waals surface area contributed by atoms with Gasteiger partial charge in [-0.1, -0.05) is 36.4 Å². The van der Waals surface area contributed by atoms with Gasteiger partial charge in [-0.25, -0.2) is 0 Å². The molecule has 25 heavy (non-hydrogen) atoms. The topological polar surface area (TPSA) is 73.6 Å². The average molecular weight is 350 g/mol. The molecule has 0 aliphatic rings. The SMILES string of the molecule is CCOc1cc(CNC(=O)C(N)c2ccccc2)ccc1OC(F)F. The molecule has 0 saturated heterocycles. The Bertz CT molecular complexity index is 696. The van der Waals surface area contributed by atoms with Crippen molar-refractivity contribution < 1.29 is 23.0 Å². The fraction of sp³-hybridized carbons (Fsp3) is 0.278. The van der Waals surface area contributed by atoms with Gasteiger partial charge in [0.25, 0.3) is 0 Å². The Kier molecular flexibility index (Phi) is 6.71. The van der Waals surface area contributed by atoms with Crippen LogP contribution in [0.4, 0.5) is 8.78 Å². The number of nitrogens with two attached hydrogens (primary N) is 1. The number of benzene rings is 2. The summed E-state index contributed by atoms with van der Waals surface area (Å²) in [7, 11) is 0. The Balaban J connectivity index is 2.02. The first kappa shape index (κ1) is 18.7. The lowest BCUT2D eigenvalue weighted by molar-refractivity contribution is -0.122. The minimum absolute atomic E-state index is 0.0482. The predicted octanol–water partition coefficient (Wildman–Crippen LogP) is 3.00. The van der Waals surface area contributed by atoms with Crippen molar-refractivity contribution in [2.45, 2.75) is 26.1 Å². The Morgan fingerprint density at radius 3 is 2.52 bits per heavy atom. The maximum Gasteiger partial charge on any atom is 0.387 e. The minimum atomic E-state index is -2.94. The zero-order chi connectivity index (χ0) is 18.2. The van der Waals surface area contributed by atoms with E-state index in [2.05, 4.69) is 10.1 Å². The van der Waals surface area contributed by atoms with Crippen molar-refractivity contribution >= 4 is 5.91 Å². The van der Waals surface area contributed by atoms with Crippen LogP contribution in [0.1, 0.15) is 24.1 Å². The Labute approximate surface area is 144 Å². The van der Waals surface area contributed by atoms with Crippen molar-refractivity contribution in [1.29, 1.82) is 0 Å². The molecule has 0 bridgehead atoms. The molecule has 5 nitrogen and oxygen atoms in total. The molecular formula is C18H20F2N2O3. The van der Waals surface area contributed by atoms with Crippen LogP contribution in [-0.2, 0) is 11.3 Å². The molecule has 0 fully saturated rings. The first-order chi connectivity index (χ1) is 12.0. The van der Waals surface area contributed by atoms with E-state index in [1.807, 2.05) is 6.07 Å². The predicted molar refractivity (Wildman–Crippen MR) is 89.5 cm³/mol. The van der Waals surface area contributed by atoms with Crippen molar-refractivity contribution in [2.75, 3.05) is 6.61 Å². The first-order valence-corrected chi connectivity index (χ1v) is 7.80. The first-order valence-electron chi connectivity index (χ1n) is 7.80. The highest BCUT2D eigenvalue weighted by molar-refractivity contribution is 5.82. The molecule has 1 amide bonds. The summed E-state index contributed by atoms with van der Waals surface area (Å²) in [6.07, 6.45) is 0. The van der Waals surface area contributed by atoms with E-state index in [9.17, 15) is 13.6 Å². The van der Waals surface area contributed by atoms with Gasteiger partial charge in [0.15, 0.2) is 11.5 Å². The quantitative estimate of drug-likeness (QED) is 0.768. The highest BCUT2D eigenvalue weighted by atomic mass is 19.3. The van der Waals surface area contributed by atoms with Crippen LogP contribution < -0.4 is 20.5 Å². The van der Waals surface area contributed by atoms with Crippen LogP contribution in [0, 0.1) is 0 Å². The number of carbonyl (C=O) groups excluding carboxylic acids is 1. The number of halogens is 2. The number of hydrogen-bond acceptors (Lipinski definition) is 4. The lowest BCUT2D eigenvalue weighted by atomic mass is 10.1. The molecule has 0 aliphatic carbocycles. The molecule has 0 heterocycles. The third-order valence-corrected chi connectivity index (χ3v) is 3.43. The molecule has 134 valence electrons. The summed E-state index contributed by atoms with van der Waals surface area (Å²) in [5.74, 6) is -0.188. The molecule has 2 aromatic carbocycles. The van der Waals surface area contributed by atoms with Gasteiger partial charge in [-0.3, -0.25) is 4.79 Å². The van der Waals surface area contributed by atoms with E-state index in [0.29, 0.717) is 17.7 Å². The van der Waals surface area contributed by atoms with Gasteiger partial charge in [-0.2, -0.15) is 8.78 Å². The van der Waals surface area contributed by atoms with Gasteiger partial charge in [-0.05, 0) is 30.2 Å². The maximum atomic E-state index is 12.4. The number of amides is 1. The summed E-state index contributed by atoms with van der Waals surface area (Å²) < 4.78 is 34.5. The standard InChI is InChI=1S/C18H20F2N2O3/c1-2-24-15-10-12(8-9-14(15)25-18(19)20)11-22-17(23)16(21)13-6-4-3-5-7-13/h3-10,16,18H,2,11,21H2,1H3,(H,22,23). The molecule has 2 rings (SSSR count). The molecule has 1 atom stereocenters. The average Bonchev–Trinajstić information content (AvgIpc) is 2.61. The monoisotopic (exact) mass is 350 g/mol. The van der Waals surface area contributed by atoms with Gasteiger partial charge < -0.3 is 20.5 Å². The normalized spacial score (nSPS) is 11.9. The molecule has 7 heteroatoms. The fourth-order valence-electron chi connectivity index (χ4n) is 2.23. The van der Waals surface area contributed by atoms with Gasteiger partial charge >= 0.3 is 6.61 Å². The van der Waals surface area contributed by atoms with Gasteiger partial charge in [-0.15, -0.1) is 0 Å². The van der Waals surface area contributed by atoms with Crippen LogP contribution in [0.15, 0.2) is 48.5 Å². The molecule has 0 saturated carbocycles. The molecule has 0 spiro atoms. The van der Waals surface area contributed by atoms with Gasteiger partial charge in [0.2, 0.25) is 5.91 Å². The Morgan fingerprint density at radius 1 is 1.16 bits per heavy atom. The maximum absolute atomic E-state index is 12.4. The number of nitrogens with one attached hydrogen (secondary N) is 1. The van der Waals surface area contributed by atoms with Crippen molar-refractivity contribution in [3.8, 4) is 11.5 Å². The number of alkyl halides is 2. The fourth-order valence-corrected chi connectivity index (χ4v) is 2.23. The largest absolute Gasteiger partial charge is 0.490 e. The van der Waals surface area contributed by atoms with Crippen LogP contribution in [0.3, 0.4) is 0 Å². The second kappa shape index (κ2) is 8.98. The van der Waals surface area contributed by atoms with Crippen molar-refractivity contribution in [2.24, 2.45) is 5.73 Å². The van der Waals surface area contributed by atoms with E-state index >= 15 is 0 Å². The van der Waals surface area contributed by atoms with Crippen LogP contribution in [0.25, 0.3) is 0 Å². The zero-order valence-corrected chi connectivity index (χ0v) is 13.7. The summed E-state index contributed by atoms with van der Waals surface area (Å²) in [6, 6.07) is 12.7. The number of rotatable bonds is 8. The summed E-state index contributed by atoms with van der Waals surface area (Å²) >= 11 is 0. The molecule has 3 N–H and O–H groups in total. The minimum Gasteiger partial charge on any atom is -0.490 e. The summed E-state index contributed by atoms with van der Waals surface area (Å²) in [4.78, 5) is 12.1. The number of hydrogen-bond donors (Lipinski definition) is 2. The smallest absolute Gasteiger partial charge is 0.387 e. The van der Waals surface area contributed by atoms with E-state index in [1.54, 1.807) is 43.3 Å². The molecule has 0 aromatic heterocycles. The second-order valence-electron chi connectivity index (χ2n) is 5.20. The van der Waals surface area contributed by atoms with E-state index in [-0.39, 0.29) is 24.0 Å². The van der Waals surface area contributed by atoms with E-state index < -0.39 is 12.7 Å². The molecule has 0 radical (unpaired) electrons. The van der Waals surface area contributed by atoms with Gasteiger partial charge in [0, 0.05) is 6.54 Å². The Morgan fingerprint density at radius 2 is 1.88 bits per heavy atom. The van der Waals surface area contributed by atoms with Crippen molar-refractivity contribution in [3.05, 3.63) is 59.7 Å². The second-order valence-corrected chi connectivity index (χ2v) is 5.20. The van der Waals surface area contributed by atoms with Crippen molar-refractivity contribution in [3.63, 3.8) is 0 Å². The molecule has 1 unspecified atom stereocenters. The van der Waals surface area contributed by atoms with Gasteiger partial charge in [0.1, 0.15) is 6.04 Å². The van der Waals surface area contributed by atoms with Crippen LogP contribution in [0.2, 0.25) is 0 Å². The third kappa shape index (κ3) is 5.42. The van der Waals surface area contributed by atoms with E-state index in [0.717, 1.165) is 0 Å². The Hall–Kier alpha value is -2.67. The van der Waals surface area contributed by atoms with Crippen LogP contribution >= 0.6 is 0 Å². The molecule has 0 aliphatic heterocycles. The highest BCUT2D eigenvalue weighted by Gasteiger charge is 2.16. The lowest BCUT2D eigenvalue weighted by Gasteiger charge is -2.15. The summed E-state index contributed by atoms with van der Waals surface area (Å²) in [5.41, 5.74) is 7.30. The third-order valence-electron chi connectivity index (χ3n) is 3.43. The lowest BCUT2D eigenvalue weighted by Crippen LogP contribution is -2.33. The van der Waals surface area contributed by atoms with Gasteiger partial charge in [0.05, 0.1) is 6.61 Å². The van der Waals surface area contributed by atoms with E-state index in [4.69, 9.17) is 10.5 Å². The number of ether oxygens (including phenoxy) is 2. The van der Waals surface area contributed by atoms with Crippen molar-refractivity contribution in [1.82, 2.24) is 5.32 Å². The summed E-state index contributed by atoms with van der Waals surface area (Å²) in [6.45, 7) is -0.712. The number of carbonyl (C=O) groups is 1. The highest BCUT2D eigenvalue weighted by Crippen LogP contribution is 2.29. The van der Waals surface area contributed by atoms with E-state index in [1.165, 1.54) is 6.07 Å². The molecular weight excluding hydrogens is 330 g/mol. The van der Waals surface area contributed by atoms with Crippen LogP contribution in [-0.4, -0.2) is 19.1 Å². The zero-order valence-electron chi connectivity index (χ0n) is 13.7. The summed E-state index contributed by atoms with van der Waals surface area (Å²) in [5, 5.41) is 2.72. The van der Waals surface area contributed by atoms with Crippen LogP contribution in [0.5, 0.6) is 11.5 Å².